The van der Waals surface area contributed by atoms with Crippen molar-refractivity contribution in [3.05, 3.63) is 35.6 Å². The van der Waals surface area contributed by atoms with Crippen LogP contribution in [0.1, 0.15) is 65.2 Å². The van der Waals surface area contributed by atoms with E-state index in [-0.39, 0.29) is 0 Å². The van der Waals surface area contributed by atoms with E-state index in [1.165, 1.54) is 44.9 Å². The number of aliphatic hydroxyl groups excluding tert-OH is 1. The molecule has 1 rings (SSSR count). The largest absolute Gasteiger partial charge is 0.512 e. The maximum absolute atomic E-state index is 9.75. The second-order valence-electron chi connectivity index (χ2n) is 5.76. The molecular weight excluding hydrogens is 246 g/mol. The summed E-state index contributed by atoms with van der Waals surface area (Å²) in [6.45, 7) is 4.74. The summed E-state index contributed by atoms with van der Waals surface area (Å²) >= 11 is 0. The molecule has 20 heavy (non-hydrogen) atoms. The van der Waals surface area contributed by atoms with Gasteiger partial charge in [0.1, 0.15) is 0 Å². The van der Waals surface area contributed by atoms with Gasteiger partial charge in [-0.25, -0.2) is 0 Å². The fourth-order valence-electron chi connectivity index (χ4n) is 2.54. The standard InChI is InChI=1S/C18H31NO/c1-3-4-5-6-7-9-12-17(16(2)20)15-19-18-13-10-8-11-14-18/h6-7,9,12,18-20H,3-5,8,10-11,13-15H2,1-2H3/b7-6+,12-9-,17-16-. The van der Waals surface area contributed by atoms with E-state index in [0.29, 0.717) is 11.8 Å². The molecule has 0 atom stereocenters. The number of hydrogen-bond donors (Lipinski definition) is 2. The van der Waals surface area contributed by atoms with Crippen LogP contribution in [-0.4, -0.2) is 17.7 Å². The summed E-state index contributed by atoms with van der Waals surface area (Å²) < 4.78 is 0. The van der Waals surface area contributed by atoms with E-state index in [1.54, 1.807) is 6.92 Å². The van der Waals surface area contributed by atoms with Crippen molar-refractivity contribution in [3.8, 4) is 0 Å². The molecule has 2 heteroatoms. The van der Waals surface area contributed by atoms with Gasteiger partial charge in [-0.3, -0.25) is 0 Å². The summed E-state index contributed by atoms with van der Waals surface area (Å²) in [5, 5.41) is 13.3. The van der Waals surface area contributed by atoms with Gasteiger partial charge in [0.2, 0.25) is 0 Å². The van der Waals surface area contributed by atoms with Crippen molar-refractivity contribution in [2.45, 2.75) is 71.3 Å². The van der Waals surface area contributed by atoms with Crippen LogP contribution in [-0.2, 0) is 0 Å². The third-order valence-electron chi connectivity index (χ3n) is 3.92. The Morgan fingerprint density at radius 3 is 2.60 bits per heavy atom. The van der Waals surface area contributed by atoms with Crippen LogP contribution in [0.4, 0.5) is 0 Å². The molecule has 0 saturated heterocycles. The van der Waals surface area contributed by atoms with Crippen LogP contribution < -0.4 is 5.32 Å². The Labute approximate surface area is 124 Å². The zero-order valence-electron chi connectivity index (χ0n) is 13.2. The minimum Gasteiger partial charge on any atom is -0.512 e. The lowest BCUT2D eigenvalue weighted by atomic mass is 9.95. The fourth-order valence-corrected chi connectivity index (χ4v) is 2.54. The highest BCUT2D eigenvalue weighted by atomic mass is 16.3. The van der Waals surface area contributed by atoms with Gasteiger partial charge < -0.3 is 10.4 Å². The Morgan fingerprint density at radius 2 is 1.95 bits per heavy atom. The minimum absolute atomic E-state index is 0.423. The van der Waals surface area contributed by atoms with E-state index >= 15 is 0 Å². The highest BCUT2D eigenvalue weighted by molar-refractivity contribution is 5.25. The van der Waals surface area contributed by atoms with Crippen molar-refractivity contribution in [3.63, 3.8) is 0 Å². The molecule has 1 aliphatic carbocycles. The molecule has 0 amide bonds. The highest BCUT2D eigenvalue weighted by Gasteiger charge is 2.12. The van der Waals surface area contributed by atoms with E-state index < -0.39 is 0 Å². The fraction of sp³-hybridized carbons (Fsp3) is 0.667. The Morgan fingerprint density at radius 1 is 1.20 bits per heavy atom. The van der Waals surface area contributed by atoms with Gasteiger partial charge in [-0.2, -0.15) is 0 Å². The molecule has 0 heterocycles. The van der Waals surface area contributed by atoms with Crippen molar-refractivity contribution in [1.29, 1.82) is 0 Å². The quantitative estimate of drug-likeness (QED) is 0.370. The molecule has 0 aliphatic heterocycles. The Balaban J connectivity index is 2.35. The number of unbranched alkanes of at least 4 members (excludes halogenated alkanes) is 2. The maximum Gasteiger partial charge on any atom is 0.0936 e. The van der Waals surface area contributed by atoms with Crippen molar-refractivity contribution in [2.24, 2.45) is 0 Å². The Bertz CT molecular complexity index is 331. The first-order valence-electron chi connectivity index (χ1n) is 8.19. The SMILES string of the molecule is CCCC/C=C/C=C\C(CNC1CCCCC1)=C(/C)O. The molecule has 2 nitrogen and oxygen atoms in total. The van der Waals surface area contributed by atoms with Crippen LogP contribution in [0.2, 0.25) is 0 Å². The van der Waals surface area contributed by atoms with Crippen molar-refractivity contribution >= 4 is 0 Å². The second-order valence-corrected chi connectivity index (χ2v) is 5.76. The predicted molar refractivity (Wildman–Crippen MR) is 88.0 cm³/mol. The number of hydrogen-bond acceptors (Lipinski definition) is 2. The van der Waals surface area contributed by atoms with Gasteiger partial charge in [0, 0.05) is 18.2 Å². The van der Waals surface area contributed by atoms with Gasteiger partial charge in [-0.05, 0) is 26.2 Å². The lowest BCUT2D eigenvalue weighted by Crippen LogP contribution is -2.32. The summed E-state index contributed by atoms with van der Waals surface area (Å²) in [5.74, 6) is 0.423. The molecule has 0 spiro atoms. The summed E-state index contributed by atoms with van der Waals surface area (Å²) in [7, 11) is 0. The number of nitrogens with one attached hydrogen (secondary N) is 1. The molecule has 1 fully saturated rings. The molecular formula is C18H31NO. The van der Waals surface area contributed by atoms with E-state index in [9.17, 15) is 5.11 Å². The molecule has 0 aromatic heterocycles. The molecule has 0 aromatic rings. The normalized spacial score (nSPS) is 18.9. The molecule has 0 radical (unpaired) electrons. The first-order chi connectivity index (χ1) is 9.74. The molecule has 0 bridgehead atoms. The van der Waals surface area contributed by atoms with Gasteiger partial charge >= 0.3 is 0 Å². The predicted octanol–water partition coefficient (Wildman–Crippen LogP) is 5.04. The second kappa shape index (κ2) is 10.7. The zero-order valence-corrected chi connectivity index (χ0v) is 13.2. The maximum atomic E-state index is 9.75. The third kappa shape index (κ3) is 7.54. The molecule has 0 aromatic carbocycles. The zero-order chi connectivity index (χ0) is 14.6. The monoisotopic (exact) mass is 277 g/mol. The first kappa shape index (κ1) is 17.0. The van der Waals surface area contributed by atoms with Crippen LogP contribution in [0.5, 0.6) is 0 Å². The van der Waals surface area contributed by atoms with Gasteiger partial charge in [-0.15, -0.1) is 0 Å². The summed E-state index contributed by atoms with van der Waals surface area (Å²) in [5.41, 5.74) is 0.996. The van der Waals surface area contributed by atoms with Crippen LogP contribution in [0.3, 0.4) is 0 Å². The van der Waals surface area contributed by atoms with Gasteiger partial charge in [0.25, 0.3) is 0 Å². The van der Waals surface area contributed by atoms with Crippen molar-refractivity contribution in [2.75, 3.05) is 6.54 Å². The van der Waals surface area contributed by atoms with E-state index in [2.05, 4.69) is 24.4 Å². The smallest absolute Gasteiger partial charge is 0.0936 e. The summed E-state index contributed by atoms with van der Waals surface area (Å²) in [4.78, 5) is 0. The van der Waals surface area contributed by atoms with Gasteiger partial charge in [0.15, 0.2) is 0 Å². The lowest BCUT2D eigenvalue weighted by molar-refractivity contribution is 0.375. The Hall–Kier alpha value is -1.02. The van der Waals surface area contributed by atoms with Gasteiger partial charge in [0.05, 0.1) is 5.76 Å². The molecule has 0 unspecified atom stereocenters. The minimum atomic E-state index is 0.423. The van der Waals surface area contributed by atoms with Crippen molar-refractivity contribution < 1.29 is 5.11 Å². The topological polar surface area (TPSA) is 32.3 Å². The lowest BCUT2D eigenvalue weighted by Gasteiger charge is -2.23. The number of rotatable bonds is 8. The summed E-state index contributed by atoms with van der Waals surface area (Å²) in [6.07, 6.45) is 18.6. The first-order valence-corrected chi connectivity index (χ1v) is 8.19. The van der Waals surface area contributed by atoms with Gasteiger partial charge in [-0.1, -0.05) is 63.3 Å². The average Bonchev–Trinajstić information content (AvgIpc) is 2.46. The van der Waals surface area contributed by atoms with E-state index in [1.807, 2.05) is 12.2 Å². The van der Waals surface area contributed by atoms with E-state index in [4.69, 9.17) is 0 Å². The molecule has 114 valence electrons. The number of allylic oxidation sites excluding steroid dienone is 4. The average molecular weight is 277 g/mol. The van der Waals surface area contributed by atoms with Crippen LogP contribution in [0.25, 0.3) is 0 Å². The van der Waals surface area contributed by atoms with Crippen LogP contribution in [0.15, 0.2) is 35.6 Å². The van der Waals surface area contributed by atoms with Crippen LogP contribution in [0, 0.1) is 0 Å². The van der Waals surface area contributed by atoms with E-state index in [0.717, 1.165) is 18.5 Å². The highest BCUT2D eigenvalue weighted by Crippen LogP contribution is 2.17. The third-order valence-corrected chi connectivity index (χ3v) is 3.92. The molecule has 1 aliphatic rings. The Kier molecular flexibility index (Phi) is 9.14. The number of aliphatic hydroxyl groups is 1. The van der Waals surface area contributed by atoms with Crippen LogP contribution >= 0.6 is 0 Å². The molecule has 1 saturated carbocycles. The summed E-state index contributed by atoms with van der Waals surface area (Å²) in [6, 6.07) is 0.631. The molecule has 2 N–H and O–H groups in total. The van der Waals surface area contributed by atoms with Crippen molar-refractivity contribution in [1.82, 2.24) is 5.32 Å².